The van der Waals surface area contributed by atoms with Crippen LogP contribution in [0.5, 0.6) is 0 Å². The maximum atomic E-state index is 13.7. The quantitative estimate of drug-likeness (QED) is 0.355. The van der Waals surface area contributed by atoms with Crippen molar-refractivity contribution in [3.63, 3.8) is 0 Å². The molecule has 0 bridgehead atoms. The Labute approximate surface area is 123 Å². The smallest absolute Gasteiger partial charge is 0.198 e. The van der Waals surface area contributed by atoms with E-state index in [1.807, 2.05) is 0 Å². The minimum Gasteiger partial charge on any atom is -0.198 e. The molecule has 0 radical (unpaired) electrons. The second kappa shape index (κ2) is 3.99. The van der Waals surface area contributed by atoms with Crippen LogP contribution in [0.1, 0.15) is 25.7 Å². The van der Waals surface area contributed by atoms with Gasteiger partial charge < -0.3 is 0 Å². The van der Waals surface area contributed by atoms with Crippen LogP contribution in [-0.2, 0) is 0 Å². The fourth-order valence-electron chi connectivity index (χ4n) is 3.45. The average Bonchev–Trinajstić information content (AvgIpc) is 2.77. The van der Waals surface area contributed by atoms with Gasteiger partial charge in [-0.15, -0.1) is 0 Å². The van der Waals surface area contributed by atoms with E-state index in [1.165, 1.54) is 0 Å². The van der Waals surface area contributed by atoms with Gasteiger partial charge in [-0.1, -0.05) is 35.4 Å². The molecule has 4 atom stereocenters. The van der Waals surface area contributed by atoms with Crippen molar-refractivity contribution in [2.75, 3.05) is 0 Å². The third-order valence-corrected chi connectivity index (χ3v) is 6.83. The van der Waals surface area contributed by atoms with Crippen molar-refractivity contribution < 1.29 is 37.0 Å². The molecule has 0 aromatic rings. The Kier molecular flexibility index (Phi) is 3.34. The summed E-state index contributed by atoms with van der Waals surface area (Å²) in [6.07, 6.45) is -0.216. The van der Waals surface area contributed by atoms with Crippen LogP contribution >= 0.6 is 26.2 Å². The van der Waals surface area contributed by atoms with E-state index < -0.39 is 45.6 Å². The SMILES string of the molecule is FC(F)([C@@H]1CC[C@@H]2[C@H]1CC[C@@H]2Br)C(F)(F)S(F)(F)(F)(F)F. The van der Waals surface area contributed by atoms with Gasteiger partial charge in [-0.2, -0.15) is 17.6 Å². The molecule has 0 aromatic heterocycles. The third-order valence-electron chi connectivity index (χ3n) is 4.46. The van der Waals surface area contributed by atoms with Gasteiger partial charge in [0.05, 0.1) is 0 Å². The van der Waals surface area contributed by atoms with Crippen LogP contribution in [-0.4, -0.2) is 16.0 Å². The molecule has 11 heteroatoms. The van der Waals surface area contributed by atoms with Gasteiger partial charge in [0.1, 0.15) is 0 Å². The Morgan fingerprint density at radius 3 is 1.71 bits per heavy atom. The molecule has 0 unspecified atom stereocenters. The molecule has 0 heterocycles. The zero-order chi connectivity index (χ0) is 16.5. The van der Waals surface area contributed by atoms with E-state index >= 15 is 0 Å². The standard InChI is InChI=1S/C10H12BrF9S/c11-8-4-2-5-6(8)1-3-7(5)9(12,13)10(14,15)21(16,17,18,19)20/h5-8H,1-4H2/t5-,6-,7-,8+/m1/s1. The lowest BCUT2D eigenvalue weighted by Crippen LogP contribution is -2.54. The Balaban J connectivity index is 2.40. The van der Waals surface area contributed by atoms with Crippen molar-refractivity contribution in [2.45, 2.75) is 41.7 Å². The average molecular weight is 415 g/mol. The van der Waals surface area contributed by atoms with E-state index in [0.29, 0.717) is 6.42 Å². The topological polar surface area (TPSA) is 0 Å². The van der Waals surface area contributed by atoms with Crippen LogP contribution in [0.4, 0.5) is 37.0 Å². The highest BCUT2D eigenvalue weighted by Gasteiger charge is 2.92. The summed E-state index contributed by atoms with van der Waals surface area (Å²) in [7, 11) is -11.7. The molecular formula is C10H12BrF9S. The van der Waals surface area contributed by atoms with Crippen molar-refractivity contribution in [2.24, 2.45) is 17.8 Å². The number of hydrogen-bond acceptors (Lipinski definition) is 0. The highest BCUT2D eigenvalue weighted by molar-refractivity contribution is 9.09. The second-order valence-electron chi connectivity index (χ2n) is 5.71. The summed E-state index contributed by atoms with van der Waals surface area (Å²) in [6.45, 7) is 0. The van der Waals surface area contributed by atoms with Gasteiger partial charge in [0.25, 0.3) is 0 Å². The summed E-state index contributed by atoms with van der Waals surface area (Å²) in [5.74, 6) is -9.78. The summed E-state index contributed by atoms with van der Waals surface area (Å²) in [6, 6.07) is 0. The van der Waals surface area contributed by atoms with Crippen LogP contribution in [0.15, 0.2) is 0 Å². The molecule has 128 valence electrons. The number of rotatable bonds is 3. The fraction of sp³-hybridized carbons (Fsp3) is 1.00. The Bertz CT molecular complexity index is 444. The molecule has 2 aliphatic rings. The Hall–Kier alpha value is 0.200. The lowest BCUT2D eigenvalue weighted by Gasteiger charge is -2.50. The van der Waals surface area contributed by atoms with Gasteiger partial charge in [-0.3, -0.25) is 0 Å². The maximum absolute atomic E-state index is 13.7. The molecule has 0 saturated heterocycles. The molecule has 0 nitrogen and oxygen atoms in total. The van der Waals surface area contributed by atoms with Crippen LogP contribution in [0.25, 0.3) is 0 Å². The van der Waals surface area contributed by atoms with Crippen LogP contribution in [0, 0.1) is 17.8 Å². The van der Waals surface area contributed by atoms with E-state index in [9.17, 15) is 37.0 Å². The molecule has 0 N–H and O–H groups in total. The van der Waals surface area contributed by atoms with E-state index in [4.69, 9.17) is 0 Å². The molecule has 2 saturated carbocycles. The number of alkyl halides is 5. The van der Waals surface area contributed by atoms with Gasteiger partial charge >= 0.3 is 21.4 Å². The molecule has 0 amide bonds. The molecule has 21 heavy (non-hydrogen) atoms. The first-order chi connectivity index (χ1) is 8.99. The van der Waals surface area contributed by atoms with Crippen molar-refractivity contribution in [1.29, 1.82) is 0 Å². The molecule has 2 fully saturated rings. The fourth-order valence-corrected chi connectivity index (χ4v) is 5.04. The van der Waals surface area contributed by atoms with Crippen molar-refractivity contribution >= 4 is 26.2 Å². The summed E-state index contributed by atoms with van der Waals surface area (Å²) in [4.78, 5) is -0.253. The van der Waals surface area contributed by atoms with Crippen molar-refractivity contribution in [3.05, 3.63) is 0 Å². The monoisotopic (exact) mass is 414 g/mol. The Morgan fingerprint density at radius 2 is 1.24 bits per heavy atom. The predicted octanol–water partition coefficient (Wildman–Crippen LogP) is 6.71. The molecule has 0 aliphatic heterocycles. The largest absolute Gasteiger partial charge is 0.443 e. The summed E-state index contributed by atoms with van der Waals surface area (Å²) < 4.78 is 115. The zero-order valence-electron chi connectivity index (χ0n) is 10.3. The van der Waals surface area contributed by atoms with E-state index in [1.54, 1.807) is 0 Å². The van der Waals surface area contributed by atoms with E-state index in [2.05, 4.69) is 15.9 Å². The predicted molar refractivity (Wildman–Crippen MR) is 64.7 cm³/mol. The molecular weight excluding hydrogens is 403 g/mol. The molecule has 0 spiro atoms. The highest BCUT2D eigenvalue weighted by Crippen LogP contribution is 3.06. The number of hydrogen-bond donors (Lipinski definition) is 0. The van der Waals surface area contributed by atoms with Gasteiger partial charge in [-0.25, -0.2) is 0 Å². The second-order valence-corrected chi connectivity index (χ2v) is 9.34. The van der Waals surface area contributed by atoms with Crippen LogP contribution in [0.3, 0.4) is 0 Å². The Morgan fingerprint density at radius 1 is 0.762 bits per heavy atom. The molecule has 2 rings (SSSR count). The van der Waals surface area contributed by atoms with E-state index in [0.717, 1.165) is 0 Å². The lowest BCUT2D eigenvalue weighted by atomic mass is 9.87. The normalized spacial score (nSPS) is 38.0. The third kappa shape index (κ3) is 2.46. The van der Waals surface area contributed by atoms with E-state index in [-0.39, 0.29) is 17.7 Å². The minimum absolute atomic E-state index is 0.0250. The number of fused-ring (bicyclic) bond motifs is 1. The van der Waals surface area contributed by atoms with Gasteiger partial charge in [0, 0.05) is 10.7 Å². The zero-order valence-corrected chi connectivity index (χ0v) is 12.7. The molecule has 2 aliphatic carbocycles. The summed E-state index contributed by atoms with van der Waals surface area (Å²) >= 11 is 3.16. The number of halogens is 10. The van der Waals surface area contributed by atoms with Gasteiger partial charge in [0.15, 0.2) is 0 Å². The minimum atomic E-state index is -11.7. The maximum Gasteiger partial charge on any atom is 0.443 e. The van der Waals surface area contributed by atoms with Crippen LogP contribution < -0.4 is 0 Å². The van der Waals surface area contributed by atoms with Crippen molar-refractivity contribution in [3.8, 4) is 0 Å². The van der Waals surface area contributed by atoms with Crippen LogP contribution in [0.2, 0.25) is 0 Å². The first-order valence-corrected chi connectivity index (χ1v) is 8.99. The van der Waals surface area contributed by atoms with Crippen molar-refractivity contribution in [1.82, 2.24) is 0 Å². The highest BCUT2D eigenvalue weighted by atomic mass is 79.9. The van der Waals surface area contributed by atoms with Gasteiger partial charge in [-0.05, 0) is 37.5 Å². The van der Waals surface area contributed by atoms with Gasteiger partial charge in [0.2, 0.25) is 0 Å². The first kappa shape index (κ1) is 17.6. The first-order valence-electron chi connectivity index (χ1n) is 6.12. The lowest BCUT2D eigenvalue weighted by molar-refractivity contribution is -0.211. The summed E-state index contributed by atoms with van der Waals surface area (Å²) in [5.41, 5.74) is 0. The summed E-state index contributed by atoms with van der Waals surface area (Å²) in [5, 5.41) is -7.31. The molecule has 0 aromatic carbocycles.